The van der Waals surface area contributed by atoms with Gasteiger partial charge in [-0.1, -0.05) is 0 Å². The SMILES string of the molecule is Nc1ccn(N2CCCC2=O)c(=O)n1. The number of hydrogen-bond donors (Lipinski definition) is 1. The van der Waals surface area contributed by atoms with Crippen LogP contribution < -0.4 is 16.4 Å². The summed E-state index contributed by atoms with van der Waals surface area (Å²) in [4.78, 5) is 26.2. The molecule has 1 saturated heterocycles. The number of rotatable bonds is 1. The van der Waals surface area contributed by atoms with Crippen molar-refractivity contribution in [2.45, 2.75) is 12.8 Å². The van der Waals surface area contributed by atoms with Gasteiger partial charge in [-0.2, -0.15) is 4.98 Å². The molecule has 1 aliphatic heterocycles. The van der Waals surface area contributed by atoms with E-state index in [9.17, 15) is 9.59 Å². The van der Waals surface area contributed by atoms with Gasteiger partial charge >= 0.3 is 5.69 Å². The molecule has 74 valence electrons. The number of nitrogen functional groups attached to an aromatic ring is 1. The third-order valence-corrected chi connectivity index (χ3v) is 2.12. The first kappa shape index (κ1) is 8.74. The summed E-state index contributed by atoms with van der Waals surface area (Å²) in [5, 5.41) is 1.38. The summed E-state index contributed by atoms with van der Waals surface area (Å²) in [6.07, 6.45) is 2.72. The fourth-order valence-corrected chi connectivity index (χ4v) is 1.46. The standard InChI is InChI=1S/C8H10N4O2/c9-6-3-5-12(8(14)10-6)11-4-1-2-7(11)13/h3,5H,1-2,4H2,(H2,9,10,14). The highest BCUT2D eigenvalue weighted by atomic mass is 16.2. The van der Waals surface area contributed by atoms with E-state index in [4.69, 9.17) is 5.73 Å². The predicted octanol–water partition coefficient (Wildman–Crippen LogP) is -0.916. The maximum Gasteiger partial charge on any atom is 0.368 e. The van der Waals surface area contributed by atoms with Crippen LogP contribution in [0, 0.1) is 0 Å². The Balaban J connectivity index is 2.41. The Labute approximate surface area is 79.9 Å². The zero-order valence-corrected chi connectivity index (χ0v) is 7.51. The quantitative estimate of drug-likeness (QED) is 0.627. The smallest absolute Gasteiger partial charge is 0.368 e. The number of nitrogens with two attached hydrogens (primary N) is 1. The van der Waals surface area contributed by atoms with Crippen molar-refractivity contribution < 1.29 is 4.79 Å². The Bertz CT molecular complexity index is 426. The van der Waals surface area contributed by atoms with Crippen molar-refractivity contribution in [2.75, 3.05) is 17.3 Å². The van der Waals surface area contributed by atoms with E-state index < -0.39 is 5.69 Å². The van der Waals surface area contributed by atoms with Gasteiger partial charge in [0.15, 0.2) is 0 Å². The van der Waals surface area contributed by atoms with Crippen LogP contribution >= 0.6 is 0 Å². The number of amides is 1. The van der Waals surface area contributed by atoms with Crippen LogP contribution in [0.25, 0.3) is 0 Å². The average molecular weight is 194 g/mol. The molecular formula is C8H10N4O2. The van der Waals surface area contributed by atoms with Crippen LogP contribution in [0.15, 0.2) is 17.1 Å². The number of carbonyl (C=O) groups excluding carboxylic acids is 1. The molecule has 1 aliphatic rings. The molecule has 0 radical (unpaired) electrons. The first-order valence-electron chi connectivity index (χ1n) is 4.34. The number of anilines is 1. The molecule has 2 heterocycles. The number of aromatic nitrogens is 2. The zero-order valence-electron chi connectivity index (χ0n) is 7.51. The van der Waals surface area contributed by atoms with Crippen LogP contribution in [-0.2, 0) is 4.79 Å². The third kappa shape index (κ3) is 1.34. The molecule has 1 amide bonds. The molecule has 0 spiro atoms. The minimum Gasteiger partial charge on any atom is -0.383 e. The molecule has 1 aromatic rings. The summed E-state index contributed by atoms with van der Waals surface area (Å²) in [5.74, 6) is 0.108. The lowest BCUT2D eigenvalue weighted by atomic mass is 10.4. The van der Waals surface area contributed by atoms with Crippen molar-refractivity contribution in [3.05, 3.63) is 22.7 Å². The van der Waals surface area contributed by atoms with Gasteiger partial charge in [-0.3, -0.25) is 4.79 Å². The number of nitrogens with zero attached hydrogens (tertiary/aromatic N) is 3. The molecule has 6 heteroatoms. The fourth-order valence-electron chi connectivity index (χ4n) is 1.46. The molecule has 2 N–H and O–H groups in total. The van der Waals surface area contributed by atoms with Crippen molar-refractivity contribution in [3.63, 3.8) is 0 Å². The molecular weight excluding hydrogens is 184 g/mol. The van der Waals surface area contributed by atoms with E-state index in [2.05, 4.69) is 4.98 Å². The van der Waals surface area contributed by atoms with Crippen molar-refractivity contribution in [3.8, 4) is 0 Å². The van der Waals surface area contributed by atoms with E-state index in [0.717, 1.165) is 6.42 Å². The van der Waals surface area contributed by atoms with E-state index in [1.54, 1.807) is 0 Å². The van der Waals surface area contributed by atoms with Gasteiger partial charge in [0.05, 0.1) is 0 Å². The second-order valence-electron chi connectivity index (χ2n) is 3.10. The highest BCUT2D eigenvalue weighted by molar-refractivity contribution is 5.87. The van der Waals surface area contributed by atoms with Gasteiger partial charge in [0.25, 0.3) is 0 Å². The van der Waals surface area contributed by atoms with Gasteiger partial charge in [-0.15, -0.1) is 0 Å². The van der Waals surface area contributed by atoms with Crippen molar-refractivity contribution >= 4 is 11.7 Å². The summed E-state index contributed by atoms with van der Waals surface area (Å²) in [5.41, 5.74) is 4.82. The van der Waals surface area contributed by atoms with Crippen LogP contribution in [-0.4, -0.2) is 22.1 Å². The lowest BCUT2D eigenvalue weighted by molar-refractivity contribution is -0.118. The predicted molar refractivity (Wildman–Crippen MR) is 50.2 cm³/mol. The highest BCUT2D eigenvalue weighted by Crippen LogP contribution is 2.06. The van der Waals surface area contributed by atoms with E-state index in [-0.39, 0.29) is 11.7 Å². The largest absolute Gasteiger partial charge is 0.383 e. The van der Waals surface area contributed by atoms with E-state index >= 15 is 0 Å². The first-order valence-corrected chi connectivity index (χ1v) is 4.34. The van der Waals surface area contributed by atoms with Crippen molar-refractivity contribution in [1.82, 2.24) is 9.66 Å². The van der Waals surface area contributed by atoms with E-state index in [0.29, 0.717) is 13.0 Å². The maximum atomic E-state index is 11.4. The second kappa shape index (κ2) is 3.13. The van der Waals surface area contributed by atoms with Crippen LogP contribution in [0.3, 0.4) is 0 Å². The van der Waals surface area contributed by atoms with Crippen molar-refractivity contribution in [1.29, 1.82) is 0 Å². The Morgan fingerprint density at radius 1 is 1.43 bits per heavy atom. The molecule has 0 aromatic carbocycles. The van der Waals surface area contributed by atoms with Gasteiger partial charge in [-0.05, 0) is 12.5 Å². The third-order valence-electron chi connectivity index (χ3n) is 2.12. The van der Waals surface area contributed by atoms with Gasteiger partial charge in [0.2, 0.25) is 5.91 Å². The summed E-state index contributed by atoms with van der Waals surface area (Å²) >= 11 is 0. The molecule has 0 saturated carbocycles. The topological polar surface area (TPSA) is 81.2 Å². The van der Waals surface area contributed by atoms with Crippen molar-refractivity contribution in [2.24, 2.45) is 0 Å². The van der Waals surface area contributed by atoms with E-state index in [1.165, 1.54) is 21.9 Å². The summed E-state index contributed by atoms with van der Waals surface area (Å²) in [7, 11) is 0. The average Bonchev–Trinajstić information content (AvgIpc) is 2.52. The van der Waals surface area contributed by atoms with E-state index in [1.807, 2.05) is 0 Å². The number of carbonyl (C=O) groups is 1. The molecule has 0 atom stereocenters. The van der Waals surface area contributed by atoms with Gasteiger partial charge in [0, 0.05) is 19.2 Å². The number of hydrogen-bond acceptors (Lipinski definition) is 4. The monoisotopic (exact) mass is 194 g/mol. The summed E-state index contributed by atoms with van der Waals surface area (Å²) in [6.45, 7) is 0.560. The second-order valence-corrected chi connectivity index (χ2v) is 3.10. The molecule has 14 heavy (non-hydrogen) atoms. The molecule has 1 fully saturated rings. The Morgan fingerprint density at radius 2 is 2.21 bits per heavy atom. The molecule has 0 bridgehead atoms. The van der Waals surface area contributed by atoms with Gasteiger partial charge in [-0.25, -0.2) is 14.5 Å². The summed E-state index contributed by atoms with van der Waals surface area (Å²) < 4.78 is 1.20. The van der Waals surface area contributed by atoms with Crippen LogP contribution in [0.5, 0.6) is 0 Å². The fraction of sp³-hybridized carbons (Fsp3) is 0.375. The van der Waals surface area contributed by atoms with Gasteiger partial charge in [0.1, 0.15) is 5.82 Å². The highest BCUT2D eigenvalue weighted by Gasteiger charge is 2.22. The molecule has 0 aliphatic carbocycles. The molecule has 6 nitrogen and oxygen atoms in total. The van der Waals surface area contributed by atoms with Crippen LogP contribution in [0.2, 0.25) is 0 Å². The summed E-state index contributed by atoms with van der Waals surface area (Å²) in [6, 6.07) is 1.49. The Kier molecular flexibility index (Phi) is 1.95. The molecule has 0 unspecified atom stereocenters. The molecule has 2 rings (SSSR count). The minimum absolute atomic E-state index is 0.0568. The van der Waals surface area contributed by atoms with Gasteiger partial charge < -0.3 is 5.73 Å². The van der Waals surface area contributed by atoms with Crippen LogP contribution in [0.4, 0.5) is 5.82 Å². The Morgan fingerprint density at radius 3 is 2.79 bits per heavy atom. The van der Waals surface area contributed by atoms with Crippen LogP contribution in [0.1, 0.15) is 12.8 Å². The normalized spacial score (nSPS) is 16.3. The maximum absolute atomic E-state index is 11.4. The first-order chi connectivity index (χ1) is 6.68. The minimum atomic E-state index is -0.514. The Hall–Kier alpha value is -1.85. The zero-order chi connectivity index (χ0) is 10.1. The lowest BCUT2D eigenvalue weighted by Gasteiger charge is -2.16. The lowest BCUT2D eigenvalue weighted by Crippen LogP contribution is -2.43. The molecule has 1 aromatic heterocycles.